The van der Waals surface area contributed by atoms with Gasteiger partial charge in [0, 0.05) is 16.5 Å². The Kier molecular flexibility index (Phi) is 3.99. The van der Waals surface area contributed by atoms with Crippen LogP contribution in [0.5, 0.6) is 0 Å². The van der Waals surface area contributed by atoms with Crippen molar-refractivity contribution < 1.29 is 8.78 Å². The molecule has 3 aromatic rings. The summed E-state index contributed by atoms with van der Waals surface area (Å²) in [6.07, 6.45) is 1.23. The van der Waals surface area contributed by atoms with E-state index >= 15 is 0 Å². The number of fused-ring (bicyclic) bond motifs is 1. The van der Waals surface area contributed by atoms with Crippen LogP contribution in [0, 0.1) is 36.8 Å². The lowest BCUT2D eigenvalue weighted by Gasteiger charge is -2.01. The fraction of sp³-hybridized carbons (Fsp3) is 0.118. The van der Waals surface area contributed by atoms with Crippen molar-refractivity contribution in [3.63, 3.8) is 0 Å². The van der Waals surface area contributed by atoms with Gasteiger partial charge in [0.2, 0.25) is 0 Å². The summed E-state index contributed by atoms with van der Waals surface area (Å²) >= 11 is 1.35. The molecule has 0 aliphatic carbocycles. The van der Waals surface area contributed by atoms with Gasteiger partial charge in [-0.15, -0.1) is 11.3 Å². The van der Waals surface area contributed by atoms with E-state index in [4.69, 9.17) is 0 Å². The highest BCUT2D eigenvalue weighted by molar-refractivity contribution is 7.18. The number of H-pyrrole nitrogens is 1. The topological polar surface area (TPSA) is 69.5 Å². The molecule has 7 heteroatoms. The highest BCUT2D eigenvalue weighted by atomic mass is 32.1. The van der Waals surface area contributed by atoms with Crippen molar-refractivity contribution in [2.24, 2.45) is 0 Å². The van der Waals surface area contributed by atoms with Crippen LogP contribution in [-0.2, 0) is 0 Å². The number of nitriles is 1. The molecule has 4 nitrogen and oxygen atoms in total. The SMILES string of the molecule is Cc1sc2nc(/C(C#N)=C/c3ccc(F)cc3F)[nH]c(=O)c2c1C. The molecule has 0 atom stereocenters. The molecule has 0 aliphatic rings. The second-order valence-corrected chi connectivity index (χ2v) is 6.42. The van der Waals surface area contributed by atoms with E-state index in [0.29, 0.717) is 10.2 Å². The lowest BCUT2D eigenvalue weighted by Crippen LogP contribution is -2.10. The van der Waals surface area contributed by atoms with Gasteiger partial charge in [0.15, 0.2) is 5.82 Å². The first-order valence-electron chi connectivity index (χ1n) is 6.98. The third kappa shape index (κ3) is 2.72. The number of aromatic amines is 1. The molecule has 1 aromatic carbocycles. The molecule has 0 spiro atoms. The molecule has 0 radical (unpaired) electrons. The van der Waals surface area contributed by atoms with Crippen LogP contribution in [-0.4, -0.2) is 9.97 Å². The van der Waals surface area contributed by atoms with Crippen LogP contribution in [0.15, 0.2) is 23.0 Å². The fourth-order valence-electron chi connectivity index (χ4n) is 2.31. The Bertz CT molecular complexity index is 1090. The van der Waals surface area contributed by atoms with E-state index in [1.54, 1.807) is 0 Å². The van der Waals surface area contributed by atoms with Gasteiger partial charge in [-0.1, -0.05) is 0 Å². The third-order valence-electron chi connectivity index (χ3n) is 3.68. The first-order chi connectivity index (χ1) is 11.4. The Morgan fingerprint density at radius 2 is 2.12 bits per heavy atom. The third-order valence-corrected chi connectivity index (χ3v) is 4.78. The number of thiophene rings is 1. The molecule has 0 aliphatic heterocycles. The molecule has 2 aromatic heterocycles. The normalized spacial score (nSPS) is 11.7. The van der Waals surface area contributed by atoms with E-state index in [9.17, 15) is 18.8 Å². The number of aromatic nitrogens is 2. The van der Waals surface area contributed by atoms with Gasteiger partial charge in [-0.3, -0.25) is 4.79 Å². The number of hydrogen-bond acceptors (Lipinski definition) is 4. The molecule has 120 valence electrons. The Balaban J connectivity index is 2.18. The number of aryl methyl sites for hydroxylation is 2. The van der Waals surface area contributed by atoms with Gasteiger partial charge in [0.25, 0.3) is 5.56 Å². The number of rotatable bonds is 2. The average Bonchev–Trinajstić information content (AvgIpc) is 2.81. The van der Waals surface area contributed by atoms with Crippen molar-refractivity contribution in [1.82, 2.24) is 9.97 Å². The van der Waals surface area contributed by atoms with Crippen molar-refractivity contribution in [1.29, 1.82) is 5.26 Å². The van der Waals surface area contributed by atoms with E-state index < -0.39 is 11.6 Å². The minimum absolute atomic E-state index is 0.0109. The zero-order valence-electron chi connectivity index (χ0n) is 12.8. The summed E-state index contributed by atoms with van der Waals surface area (Å²) in [7, 11) is 0. The van der Waals surface area contributed by atoms with Crippen molar-refractivity contribution in [2.75, 3.05) is 0 Å². The Morgan fingerprint density at radius 3 is 2.79 bits per heavy atom. The number of benzene rings is 1. The van der Waals surface area contributed by atoms with Gasteiger partial charge < -0.3 is 4.98 Å². The fourth-order valence-corrected chi connectivity index (χ4v) is 3.34. The zero-order valence-corrected chi connectivity index (χ0v) is 13.6. The molecular formula is C17H11F2N3OS. The zero-order chi connectivity index (χ0) is 17.4. The molecule has 24 heavy (non-hydrogen) atoms. The molecule has 1 N–H and O–H groups in total. The van der Waals surface area contributed by atoms with Gasteiger partial charge in [0.05, 0.1) is 11.0 Å². The number of hydrogen-bond donors (Lipinski definition) is 1. The van der Waals surface area contributed by atoms with Crippen molar-refractivity contribution in [3.05, 3.63) is 62.0 Å². The van der Waals surface area contributed by atoms with Crippen LogP contribution >= 0.6 is 11.3 Å². The minimum Gasteiger partial charge on any atom is -0.305 e. The predicted molar refractivity (Wildman–Crippen MR) is 89.6 cm³/mol. The molecule has 2 heterocycles. The monoisotopic (exact) mass is 343 g/mol. The van der Waals surface area contributed by atoms with Gasteiger partial charge >= 0.3 is 0 Å². The van der Waals surface area contributed by atoms with E-state index in [2.05, 4.69) is 9.97 Å². The van der Waals surface area contributed by atoms with Gasteiger partial charge in [-0.05, 0) is 37.6 Å². The van der Waals surface area contributed by atoms with Crippen molar-refractivity contribution in [2.45, 2.75) is 13.8 Å². The molecule has 0 fully saturated rings. The molecular weight excluding hydrogens is 332 g/mol. The summed E-state index contributed by atoms with van der Waals surface area (Å²) in [6, 6.07) is 4.94. The number of nitrogens with zero attached hydrogens (tertiary/aromatic N) is 2. The number of allylic oxidation sites excluding steroid dienone is 1. The van der Waals surface area contributed by atoms with Crippen LogP contribution in [0.2, 0.25) is 0 Å². The average molecular weight is 343 g/mol. The Labute approximate surface area is 139 Å². The van der Waals surface area contributed by atoms with Crippen LogP contribution < -0.4 is 5.56 Å². The minimum atomic E-state index is -0.797. The molecule has 3 rings (SSSR count). The molecule has 0 amide bonds. The van der Waals surface area contributed by atoms with E-state index in [1.165, 1.54) is 23.5 Å². The maximum atomic E-state index is 13.8. The summed E-state index contributed by atoms with van der Waals surface area (Å²) < 4.78 is 26.7. The van der Waals surface area contributed by atoms with Crippen LogP contribution in [0.4, 0.5) is 8.78 Å². The Hall–Kier alpha value is -2.85. The van der Waals surface area contributed by atoms with Crippen LogP contribution in [0.1, 0.15) is 21.8 Å². The first kappa shape index (κ1) is 16.0. The smallest absolute Gasteiger partial charge is 0.260 e. The highest BCUT2D eigenvalue weighted by Gasteiger charge is 2.14. The van der Waals surface area contributed by atoms with E-state index in [0.717, 1.165) is 22.6 Å². The Morgan fingerprint density at radius 1 is 1.38 bits per heavy atom. The standard InChI is InChI=1S/C17H11F2N3OS/c1-8-9(2)24-17-14(8)16(23)21-15(22-17)11(7-20)5-10-3-4-12(18)6-13(10)19/h3-6H,1-2H3,(H,21,22,23)/b11-5+. The molecule has 0 saturated carbocycles. The van der Waals surface area contributed by atoms with Crippen LogP contribution in [0.25, 0.3) is 21.9 Å². The second kappa shape index (κ2) is 5.98. The van der Waals surface area contributed by atoms with E-state index in [1.807, 2.05) is 19.9 Å². The van der Waals surface area contributed by atoms with Gasteiger partial charge in [-0.25, -0.2) is 13.8 Å². The van der Waals surface area contributed by atoms with Gasteiger partial charge in [-0.2, -0.15) is 5.26 Å². The summed E-state index contributed by atoms with van der Waals surface area (Å²) in [5, 5.41) is 9.83. The lowest BCUT2D eigenvalue weighted by atomic mass is 10.1. The quantitative estimate of drug-likeness (QED) is 0.717. The summed E-state index contributed by atoms with van der Waals surface area (Å²) in [5.41, 5.74) is 0.525. The molecule has 0 saturated heterocycles. The van der Waals surface area contributed by atoms with Crippen molar-refractivity contribution >= 4 is 33.2 Å². The largest absolute Gasteiger partial charge is 0.305 e. The molecule has 0 bridgehead atoms. The van der Waals surface area contributed by atoms with Gasteiger partial charge in [0.1, 0.15) is 22.5 Å². The first-order valence-corrected chi connectivity index (χ1v) is 7.79. The van der Waals surface area contributed by atoms with E-state index in [-0.39, 0.29) is 22.5 Å². The summed E-state index contributed by atoms with van der Waals surface area (Å²) in [5.74, 6) is -1.45. The highest BCUT2D eigenvalue weighted by Crippen LogP contribution is 2.27. The summed E-state index contributed by atoms with van der Waals surface area (Å²) in [4.78, 5) is 20.6. The predicted octanol–water partition coefficient (Wildman–Crippen LogP) is 3.94. The summed E-state index contributed by atoms with van der Waals surface area (Å²) in [6.45, 7) is 3.72. The van der Waals surface area contributed by atoms with Crippen LogP contribution in [0.3, 0.4) is 0 Å². The van der Waals surface area contributed by atoms with Crippen molar-refractivity contribution in [3.8, 4) is 6.07 Å². The maximum Gasteiger partial charge on any atom is 0.260 e. The maximum absolute atomic E-state index is 13.8. The molecule has 0 unspecified atom stereocenters. The lowest BCUT2D eigenvalue weighted by molar-refractivity contribution is 0.581. The number of nitrogens with one attached hydrogen (secondary N) is 1. The second-order valence-electron chi connectivity index (χ2n) is 5.21. The number of halogens is 2.